The molecule has 0 aromatic carbocycles. The average molecular weight is 227 g/mol. The predicted octanol–water partition coefficient (Wildman–Crippen LogP) is 1.63. The molecule has 1 aliphatic rings. The number of carbonyl (C=O) groups is 2. The topological polar surface area (TPSA) is 55.4 Å². The van der Waals surface area contributed by atoms with Gasteiger partial charge in [-0.05, 0) is 31.6 Å². The van der Waals surface area contributed by atoms with Crippen LogP contribution in [0.3, 0.4) is 0 Å². The van der Waals surface area contributed by atoms with E-state index in [4.69, 9.17) is 4.74 Å². The molecular formula is C12H21NO3. The fourth-order valence-electron chi connectivity index (χ4n) is 2.02. The number of hydrogen-bond donors (Lipinski definition) is 1. The molecule has 92 valence electrons. The van der Waals surface area contributed by atoms with E-state index in [1.807, 2.05) is 13.8 Å². The highest BCUT2D eigenvalue weighted by Crippen LogP contribution is 2.22. The summed E-state index contributed by atoms with van der Waals surface area (Å²) in [6, 6.07) is -0.497. The summed E-state index contributed by atoms with van der Waals surface area (Å²) in [7, 11) is 0. The SMILES string of the molecule is CC[C@H](C)[C@H](NC=O)C(=O)OC1CCCC1. The molecule has 1 fully saturated rings. The monoisotopic (exact) mass is 227 g/mol. The molecule has 0 radical (unpaired) electrons. The van der Waals surface area contributed by atoms with Crippen molar-refractivity contribution >= 4 is 12.4 Å². The Morgan fingerprint density at radius 1 is 1.50 bits per heavy atom. The molecule has 0 aliphatic heterocycles. The van der Waals surface area contributed by atoms with E-state index in [1.54, 1.807) is 0 Å². The van der Waals surface area contributed by atoms with E-state index in [2.05, 4.69) is 5.32 Å². The van der Waals surface area contributed by atoms with Crippen LogP contribution in [0.1, 0.15) is 46.0 Å². The Morgan fingerprint density at radius 3 is 2.62 bits per heavy atom. The quantitative estimate of drug-likeness (QED) is 0.554. The molecule has 1 aliphatic carbocycles. The lowest BCUT2D eigenvalue weighted by Gasteiger charge is -2.22. The summed E-state index contributed by atoms with van der Waals surface area (Å²) < 4.78 is 5.39. The van der Waals surface area contributed by atoms with Crippen LogP contribution in [-0.4, -0.2) is 24.5 Å². The molecule has 4 nitrogen and oxygen atoms in total. The molecule has 0 heterocycles. The summed E-state index contributed by atoms with van der Waals surface area (Å²) in [6.07, 6.45) is 5.66. The number of nitrogens with one attached hydrogen (secondary N) is 1. The fourth-order valence-corrected chi connectivity index (χ4v) is 2.02. The Hall–Kier alpha value is -1.06. The van der Waals surface area contributed by atoms with Crippen molar-refractivity contribution in [1.82, 2.24) is 5.32 Å². The van der Waals surface area contributed by atoms with Crippen LogP contribution in [0.25, 0.3) is 0 Å². The molecule has 1 N–H and O–H groups in total. The van der Waals surface area contributed by atoms with E-state index >= 15 is 0 Å². The number of rotatable bonds is 6. The normalized spacial score (nSPS) is 20.1. The Morgan fingerprint density at radius 2 is 2.12 bits per heavy atom. The third kappa shape index (κ3) is 3.51. The van der Waals surface area contributed by atoms with Crippen LogP contribution in [0.4, 0.5) is 0 Å². The number of esters is 1. The van der Waals surface area contributed by atoms with Crippen LogP contribution < -0.4 is 5.32 Å². The summed E-state index contributed by atoms with van der Waals surface area (Å²) in [6.45, 7) is 3.93. The van der Waals surface area contributed by atoms with Crippen molar-refractivity contribution in [3.8, 4) is 0 Å². The van der Waals surface area contributed by atoms with Gasteiger partial charge in [-0.2, -0.15) is 0 Å². The first-order valence-corrected chi connectivity index (χ1v) is 6.09. The van der Waals surface area contributed by atoms with Gasteiger partial charge in [-0.1, -0.05) is 20.3 Å². The summed E-state index contributed by atoms with van der Waals surface area (Å²) in [5.74, 6) is -0.174. The maximum atomic E-state index is 11.8. The van der Waals surface area contributed by atoms with Crippen LogP contribution in [0.5, 0.6) is 0 Å². The average Bonchev–Trinajstić information content (AvgIpc) is 2.77. The van der Waals surface area contributed by atoms with Gasteiger partial charge < -0.3 is 10.1 Å². The minimum absolute atomic E-state index is 0.0625. The Kier molecular flexibility index (Phi) is 5.29. The minimum Gasteiger partial charge on any atom is -0.461 e. The zero-order valence-corrected chi connectivity index (χ0v) is 10.1. The van der Waals surface area contributed by atoms with Gasteiger partial charge in [0.1, 0.15) is 12.1 Å². The van der Waals surface area contributed by atoms with Crippen molar-refractivity contribution in [2.45, 2.75) is 58.1 Å². The van der Waals surface area contributed by atoms with Gasteiger partial charge >= 0.3 is 5.97 Å². The molecule has 16 heavy (non-hydrogen) atoms. The number of ether oxygens (including phenoxy) is 1. The van der Waals surface area contributed by atoms with Crippen molar-refractivity contribution in [2.24, 2.45) is 5.92 Å². The largest absolute Gasteiger partial charge is 0.461 e. The highest BCUT2D eigenvalue weighted by atomic mass is 16.5. The second-order valence-corrected chi connectivity index (χ2v) is 4.49. The lowest BCUT2D eigenvalue weighted by molar-refractivity contribution is -0.153. The zero-order chi connectivity index (χ0) is 12.0. The van der Waals surface area contributed by atoms with Crippen LogP contribution in [0.2, 0.25) is 0 Å². The third-order valence-electron chi connectivity index (χ3n) is 3.30. The molecule has 1 amide bonds. The lowest BCUT2D eigenvalue weighted by atomic mass is 9.99. The van der Waals surface area contributed by atoms with Gasteiger partial charge in [-0.3, -0.25) is 4.79 Å². The van der Waals surface area contributed by atoms with E-state index in [0.29, 0.717) is 6.41 Å². The third-order valence-corrected chi connectivity index (χ3v) is 3.30. The van der Waals surface area contributed by atoms with Gasteiger partial charge in [0.2, 0.25) is 6.41 Å². The first kappa shape index (κ1) is 13.0. The summed E-state index contributed by atoms with van der Waals surface area (Å²) in [4.78, 5) is 22.3. The minimum atomic E-state index is -0.497. The van der Waals surface area contributed by atoms with Gasteiger partial charge in [0.15, 0.2) is 0 Å². The Labute approximate surface area is 96.7 Å². The molecule has 0 aromatic rings. The van der Waals surface area contributed by atoms with E-state index in [9.17, 15) is 9.59 Å². The Bertz CT molecular complexity index is 236. The van der Waals surface area contributed by atoms with Crippen molar-refractivity contribution in [1.29, 1.82) is 0 Å². The highest BCUT2D eigenvalue weighted by Gasteiger charge is 2.28. The fraction of sp³-hybridized carbons (Fsp3) is 0.833. The lowest BCUT2D eigenvalue weighted by Crippen LogP contribution is -2.43. The smallest absolute Gasteiger partial charge is 0.329 e. The van der Waals surface area contributed by atoms with Crippen molar-refractivity contribution < 1.29 is 14.3 Å². The summed E-state index contributed by atoms with van der Waals surface area (Å²) in [5.41, 5.74) is 0. The second kappa shape index (κ2) is 6.51. The van der Waals surface area contributed by atoms with Crippen LogP contribution in [-0.2, 0) is 14.3 Å². The van der Waals surface area contributed by atoms with Crippen molar-refractivity contribution in [2.75, 3.05) is 0 Å². The number of amides is 1. The molecule has 0 unspecified atom stereocenters. The maximum absolute atomic E-state index is 11.8. The summed E-state index contributed by atoms with van der Waals surface area (Å²) >= 11 is 0. The summed E-state index contributed by atoms with van der Waals surface area (Å²) in [5, 5.41) is 2.55. The van der Waals surface area contributed by atoms with Gasteiger partial charge in [0.05, 0.1) is 0 Å². The standard InChI is InChI=1S/C12H21NO3/c1-3-9(2)11(13-8-14)12(15)16-10-6-4-5-7-10/h8-11H,3-7H2,1-2H3,(H,13,14)/t9-,11-/m0/s1. The highest BCUT2D eigenvalue weighted by molar-refractivity contribution is 5.78. The van der Waals surface area contributed by atoms with Crippen molar-refractivity contribution in [3.63, 3.8) is 0 Å². The molecule has 0 spiro atoms. The molecule has 4 heteroatoms. The molecule has 1 rings (SSSR count). The number of hydrogen-bond acceptors (Lipinski definition) is 3. The predicted molar refractivity (Wildman–Crippen MR) is 60.8 cm³/mol. The van der Waals surface area contributed by atoms with Crippen LogP contribution >= 0.6 is 0 Å². The van der Waals surface area contributed by atoms with E-state index in [0.717, 1.165) is 32.1 Å². The second-order valence-electron chi connectivity index (χ2n) is 4.49. The first-order valence-electron chi connectivity index (χ1n) is 6.09. The van der Waals surface area contributed by atoms with E-state index < -0.39 is 6.04 Å². The van der Waals surface area contributed by atoms with E-state index in [-0.39, 0.29) is 18.0 Å². The molecular weight excluding hydrogens is 206 g/mol. The molecule has 1 saturated carbocycles. The molecule has 0 bridgehead atoms. The van der Waals surface area contributed by atoms with Crippen LogP contribution in [0.15, 0.2) is 0 Å². The molecule has 2 atom stereocenters. The van der Waals surface area contributed by atoms with Gasteiger partial charge in [0.25, 0.3) is 0 Å². The van der Waals surface area contributed by atoms with Gasteiger partial charge in [-0.15, -0.1) is 0 Å². The van der Waals surface area contributed by atoms with Gasteiger partial charge in [0, 0.05) is 0 Å². The van der Waals surface area contributed by atoms with Crippen LogP contribution in [0, 0.1) is 5.92 Å². The zero-order valence-electron chi connectivity index (χ0n) is 10.1. The maximum Gasteiger partial charge on any atom is 0.329 e. The Balaban J connectivity index is 2.48. The molecule has 0 saturated heterocycles. The number of carbonyl (C=O) groups excluding carboxylic acids is 2. The van der Waals surface area contributed by atoms with Crippen molar-refractivity contribution in [3.05, 3.63) is 0 Å². The molecule has 0 aromatic heterocycles. The van der Waals surface area contributed by atoms with Gasteiger partial charge in [-0.25, -0.2) is 4.79 Å². The first-order chi connectivity index (χ1) is 7.69. The van der Waals surface area contributed by atoms with E-state index in [1.165, 1.54) is 0 Å².